The fraction of sp³-hybridized carbons (Fsp3) is 0.692. The normalized spacial score (nSPS) is 11.6. The number of aromatic nitrogens is 2. The Balaban J connectivity index is 3.11. The van der Waals surface area contributed by atoms with Crippen LogP contribution in [-0.2, 0) is 6.54 Å². The van der Waals surface area contributed by atoms with Crippen molar-refractivity contribution in [3.05, 3.63) is 20.8 Å². The van der Waals surface area contributed by atoms with Crippen molar-refractivity contribution in [2.75, 3.05) is 24.2 Å². The summed E-state index contributed by atoms with van der Waals surface area (Å²) in [5.41, 5.74) is 4.71. The number of hydrogen-bond donors (Lipinski definition) is 4. The molecule has 0 amide bonds. The molecule has 5 N–H and O–H groups in total. The minimum Gasteiger partial charge on any atom is -0.396 e. The summed E-state index contributed by atoms with van der Waals surface area (Å²) in [5.74, 6) is 0.125. The lowest BCUT2D eigenvalue weighted by atomic mass is 9.83. The van der Waals surface area contributed by atoms with Gasteiger partial charge in [-0.1, -0.05) is 13.8 Å². The quantitative estimate of drug-likeness (QED) is 0.577. The fourth-order valence-electron chi connectivity index (χ4n) is 2.13. The first kappa shape index (κ1) is 16.3. The first-order chi connectivity index (χ1) is 9.44. The molecule has 0 aliphatic rings. The molecule has 0 spiro atoms. The number of anilines is 2. The summed E-state index contributed by atoms with van der Waals surface area (Å²) in [6.45, 7) is 6.58. The van der Waals surface area contributed by atoms with E-state index in [1.54, 1.807) is 6.92 Å². The SMILES string of the molecule is CCn1c(N)c(NCC(CC)(CC)CO)c(=O)[nH]c1=O. The number of nitrogens with one attached hydrogen (secondary N) is 2. The number of nitrogens with zero attached hydrogens (tertiary/aromatic N) is 1. The zero-order chi connectivity index (χ0) is 15.3. The highest BCUT2D eigenvalue weighted by molar-refractivity contribution is 5.60. The zero-order valence-corrected chi connectivity index (χ0v) is 12.3. The Bertz CT molecular complexity index is 549. The monoisotopic (exact) mass is 284 g/mol. The average Bonchev–Trinajstić information content (AvgIpc) is 2.43. The van der Waals surface area contributed by atoms with Gasteiger partial charge in [0.05, 0.1) is 6.61 Å². The van der Waals surface area contributed by atoms with Crippen LogP contribution in [0.5, 0.6) is 0 Å². The van der Waals surface area contributed by atoms with E-state index in [9.17, 15) is 14.7 Å². The van der Waals surface area contributed by atoms with Crippen molar-refractivity contribution in [3.63, 3.8) is 0 Å². The molecular formula is C13H24N4O3. The number of aromatic amines is 1. The van der Waals surface area contributed by atoms with Crippen LogP contribution in [0.15, 0.2) is 9.59 Å². The van der Waals surface area contributed by atoms with Gasteiger partial charge in [0.15, 0.2) is 0 Å². The molecule has 0 fully saturated rings. The van der Waals surface area contributed by atoms with Crippen molar-refractivity contribution in [3.8, 4) is 0 Å². The third-order valence-electron chi connectivity index (χ3n) is 4.03. The smallest absolute Gasteiger partial charge is 0.330 e. The van der Waals surface area contributed by atoms with Crippen molar-refractivity contribution in [1.82, 2.24) is 9.55 Å². The van der Waals surface area contributed by atoms with E-state index in [0.29, 0.717) is 13.1 Å². The van der Waals surface area contributed by atoms with E-state index in [0.717, 1.165) is 12.8 Å². The summed E-state index contributed by atoms with van der Waals surface area (Å²) < 4.78 is 1.29. The van der Waals surface area contributed by atoms with Gasteiger partial charge in [0.1, 0.15) is 11.5 Å². The largest absolute Gasteiger partial charge is 0.396 e. The van der Waals surface area contributed by atoms with Gasteiger partial charge in [0, 0.05) is 18.5 Å². The van der Waals surface area contributed by atoms with Gasteiger partial charge in [-0.15, -0.1) is 0 Å². The van der Waals surface area contributed by atoms with E-state index in [2.05, 4.69) is 10.3 Å². The van der Waals surface area contributed by atoms with Gasteiger partial charge in [0.2, 0.25) is 0 Å². The van der Waals surface area contributed by atoms with Crippen molar-refractivity contribution in [1.29, 1.82) is 0 Å². The van der Waals surface area contributed by atoms with Crippen LogP contribution in [0.25, 0.3) is 0 Å². The van der Waals surface area contributed by atoms with Crippen LogP contribution in [-0.4, -0.2) is 27.8 Å². The van der Waals surface area contributed by atoms with E-state index >= 15 is 0 Å². The molecule has 1 rings (SSSR count). The van der Waals surface area contributed by atoms with Gasteiger partial charge in [-0.2, -0.15) is 0 Å². The van der Waals surface area contributed by atoms with E-state index in [1.165, 1.54) is 4.57 Å². The molecule has 0 unspecified atom stereocenters. The van der Waals surface area contributed by atoms with Gasteiger partial charge in [-0.25, -0.2) is 4.79 Å². The maximum atomic E-state index is 11.8. The lowest BCUT2D eigenvalue weighted by Crippen LogP contribution is -2.37. The Morgan fingerprint density at radius 2 is 1.90 bits per heavy atom. The van der Waals surface area contributed by atoms with Crippen molar-refractivity contribution >= 4 is 11.5 Å². The summed E-state index contributed by atoms with van der Waals surface area (Å²) in [7, 11) is 0. The third-order valence-corrected chi connectivity index (χ3v) is 4.03. The predicted molar refractivity (Wildman–Crippen MR) is 80.0 cm³/mol. The van der Waals surface area contributed by atoms with Crippen LogP contribution in [0.1, 0.15) is 33.6 Å². The summed E-state index contributed by atoms with van der Waals surface area (Å²) in [6.07, 6.45) is 1.55. The molecule has 0 aliphatic carbocycles. The number of rotatable bonds is 7. The topological polar surface area (TPSA) is 113 Å². The van der Waals surface area contributed by atoms with E-state index in [4.69, 9.17) is 5.73 Å². The second kappa shape index (κ2) is 6.60. The molecule has 7 heteroatoms. The molecule has 7 nitrogen and oxygen atoms in total. The minimum atomic E-state index is -0.531. The average molecular weight is 284 g/mol. The summed E-state index contributed by atoms with van der Waals surface area (Å²) in [6, 6.07) is 0. The zero-order valence-electron chi connectivity index (χ0n) is 12.3. The molecule has 0 atom stereocenters. The maximum Gasteiger partial charge on any atom is 0.330 e. The molecule has 0 bridgehead atoms. The third kappa shape index (κ3) is 3.04. The number of nitrogens with two attached hydrogens (primary N) is 1. The molecular weight excluding hydrogens is 260 g/mol. The second-order valence-corrected chi connectivity index (χ2v) is 4.98. The van der Waals surface area contributed by atoms with Crippen LogP contribution in [0.3, 0.4) is 0 Å². The van der Waals surface area contributed by atoms with E-state index in [-0.39, 0.29) is 23.5 Å². The number of nitrogen functional groups attached to an aromatic ring is 1. The molecule has 0 aromatic carbocycles. The standard InChI is InChI=1S/C13H24N4O3/c1-4-13(5-2,8-18)7-15-9-10(14)17(6-3)12(20)16-11(9)19/h15,18H,4-8,14H2,1-3H3,(H,16,19,20). The first-order valence-electron chi connectivity index (χ1n) is 6.92. The number of hydrogen-bond acceptors (Lipinski definition) is 5. The molecule has 0 saturated heterocycles. The van der Waals surface area contributed by atoms with Gasteiger partial charge in [-0.3, -0.25) is 14.3 Å². The summed E-state index contributed by atoms with van der Waals surface area (Å²) in [4.78, 5) is 25.6. The molecule has 0 aliphatic heterocycles. The number of aliphatic hydroxyl groups is 1. The summed E-state index contributed by atoms with van der Waals surface area (Å²) in [5, 5.41) is 12.5. The van der Waals surface area contributed by atoms with E-state index < -0.39 is 11.2 Å². The Kier molecular flexibility index (Phi) is 5.38. The highest BCUT2D eigenvalue weighted by atomic mass is 16.3. The molecule has 1 aromatic heterocycles. The Morgan fingerprint density at radius 1 is 1.30 bits per heavy atom. The van der Waals surface area contributed by atoms with Crippen LogP contribution in [0.2, 0.25) is 0 Å². The van der Waals surface area contributed by atoms with Gasteiger partial charge in [-0.05, 0) is 19.8 Å². The van der Waals surface area contributed by atoms with Crippen LogP contribution < -0.4 is 22.3 Å². The van der Waals surface area contributed by atoms with Crippen LogP contribution >= 0.6 is 0 Å². The molecule has 0 saturated carbocycles. The Hall–Kier alpha value is -1.76. The van der Waals surface area contributed by atoms with Crippen molar-refractivity contribution < 1.29 is 5.11 Å². The highest BCUT2D eigenvalue weighted by Crippen LogP contribution is 2.26. The van der Waals surface area contributed by atoms with Gasteiger partial charge < -0.3 is 16.2 Å². The minimum absolute atomic E-state index is 0.0260. The van der Waals surface area contributed by atoms with Crippen molar-refractivity contribution in [2.24, 2.45) is 5.41 Å². The van der Waals surface area contributed by atoms with Gasteiger partial charge in [0.25, 0.3) is 5.56 Å². The lowest BCUT2D eigenvalue weighted by Gasteiger charge is -2.30. The molecule has 114 valence electrons. The van der Waals surface area contributed by atoms with Crippen LogP contribution in [0.4, 0.5) is 11.5 Å². The molecule has 1 aromatic rings. The summed E-state index contributed by atoms with van der Waals surface area (Å²) >= 11 is 0. The fourth-order valence-corrected chi connectivity index (χ4v) is 2.13. The van der Waals surface area contributed by atoms with Crippen LogP contribution in [0, 0.1) is 5.41 Å². The Labute approximate surface area is 117 Å². The van der Waals surface area contributed by atoms with E-state index in [1.807, 2.05) is 13.8 Å². The second-order valence-electron chi connectivity index (χ2n) is 4.98. The van der Waals surface area contributed by atoms with Gasteiger partial charge >= 0.3 is 5.69 Å². The number of H-pyrrole nitrogens is 1. The number of aliphatic hydroxyl groups excluding tert-OH is 1. The highest BCUT2D eigenvalue weighted by Gasteiger charge is 2.26. The molecule has 1 heterocycles. The maximum absolute atomic E-state index is 11.8. The Morgan fingerprint density at radius 3 is 2.35 bits per heavy atom. The molecule has 0 radical (unpaired) electrons. The molecule has 20 heavy (non-hydrogen) atoms. The predicted octanol–water partition coefficient (Wildman–Crippen LogP) is 0.349. The van der Waals surface area contributed by atoms with Crippen molar-refractivity contribution in [2.45, 2.75) is 40.2 Å². The lowest BCUT2D eigenvalue weighted by molar-refractivity contribution is 0.127. The first-order valence-corrected chi connectivity index (χ1v) is 6.92.